The lowest BCUT2D eigenvalue weighted by Gasteiger charge is -2.20. The highest BCUT2D eigenvalue weighted by Gasteiger charge is 2.64. The molecule has 0 N–H and O–H groups in total. The van der Waals surface area contributed by atoms with E-state index in [4.69, 9.17) is 0 Å². The largest absolute Gasteiger partial charge is 0.416 e. The number of rotatable bonds is 5. The molecule has 0 radical (unpaired) electrons. The molecular weight excluding hydrogens is 407 g/mol. The van der Waals surface area contributed by atoms with Gasteiger partial charge in [-0.05, 0) is 47.4 Å². The van der Waals surface area contributed by atoms with Crippen molar-refractivity contribution in [2.24, 2.45) is 0 Å². The Morgan fingerprint density at radius 2 is 1.09 bits per heavy atom. The van der Waals surface area contributed by atoms with Gasteiger partial charge in [0.15, 0.2) is 0 Å². The standard InChI is InChI=1S/C28H22F3N/c29-28(30,31)24-18-16-21(17-19-24)20-26-27(22-10-4-1-5-11-22,23-12-6-2-7-13-23)32(26)25-14-8-3-9-15-25/h1-19,26H,20H2. The van der Waals surface area contributed by atoms with Gasteiger partial charge in [-0.1, -0.05) is 91.0 Å². The molecule has 4 heteroatoms. The van der Waals surface area contributed by atoms with Crippen LogP contribution in [-0.4, -0.2) is 6.04 Å². The minimum absolute atomic E-state index is 0.0754. The maximum absolute atomic E-state index is 13.0. The Hall–Kier alpha value is -3.53. The second-order valence-corrected chi connectivity index (χ2v) is 8.12. The maximum atomic E-state index is 13.0. The lowest BCUT2D eigenvalue weighted by molar-refractivity contribution is -0.137. The molecule has 0 saturated carbocycles. The van der Waals surface area contributed by atoms with E-state index in [0.29, 0.717) is 6.42 Å². The average Bonchev–Trinajstić information content (AvgIpc) is 3.49. The van der Waals surface area contributed by atoms with Crippen LogP contribution >= 0.6 is 0 Å². The van der Waals surface area contributed by atoms with Crippen molar-refractivity contribution < 1.29 is 13.2 Å². The molecule has 1 unspecified atom stereocenters. The van der Waals surface area contributed by atoms with Crippen LogP contribution in [0.25, 0.3) is 0 Å². The molecule has 0 spiro atoms. The van der Waals surface area contributed by atoms with E-state index in [-0.39, 0.29) is 11.6 Å². The second-order valence-electron chi connectivity index (χ2n) is 8.12. The van der Waals surface area contributed by atoms with E-state index in [9.17, 15) is 13.2 Å². The van der Waals surface area contributed by atoms with Crippen LogP contribution in [0.4, 0.5) is 18.9 Å². The van der Waals surface area contributed by atoms with Gasteiger partial charge in [0.05, 0.1) is 11.6 Å². The first kappa shape index (κ1) is 20.4. The van der Waals surface area contributed by atoms with Crippen molar-refractivity contribution >= 4 is 5.69 Å². The van der Waals surface area contributed by atoms with Crippen molar-refractivity contribution in [2.45, 2.75) is 24.2 Å². The van der Waals surface area contributed by atoms with Crippen molar-refractivity contribution in [3.8, 4) is 0 Å². The predicted octanol–water partition coefficient (Wildman–Crippen LogP) is 7.08. The summed E-state index contributed by atoms with van der Waals surface area (Å²) < 4.78 is 39.1. The summed E-state index contributed by atoms with van der Waals surface area (Å²) in [5, 5.41) is 0. The zero-order valence-corrected chi connectivity index (χ0v) is 17.3. The van der Waals surface area contributed by atoms with Gasteiger partial charge in [-0.3, -0.25) is 0 Å². The molecular formula is C28H22F3N. The van der Waals surface area contributed by atoms with E-state index in [1.54, 1.807) is 12.1 Å². The summed E-state index contributed by atoms with van der Waals surface area (Å²) >= 11 is 0. The Balaban J connectivity index is 1.60. The Morgan fingerprint density at radius 3 is 1.56 bits per heavy atom. The zero-order valence-electron chi connectivity index (χ0n) is 17.3. The molecule has 1 atom stereocenters. The van der Waals surface area contributed by atoms with E-state index in [2.05, 4.69) is 41.3 Å². The monoisotopic (exact) mass is 429 g/mol. The fraction of sp³-hybridized carbons (Fsp3) is 0.143. The summed E-state index contributed by atoms with van der Waals surface area (Å²) in [6.45, 7) is 0. The molecule has 4 aromatic rings. The molecule has 0 bridgehead atoms. The van der Waals surface area contributed by atoms with E-state index in [1.807, 2.05) is 54.6 Å². The van der Waals surface area contributed by atoms with Gasteiger partial charge in [0.25, 0.3) is 0 Å². The number of para-hydroxylation sites is 1. The van der Waals surface area contributed by atoms with Gasteiger partial charge in [-0.25, -0.2) is 0 Å². The quantitative estimate of drug-likeness (QED) is 0.306. The third kappa shape index (κ3) is 3.46. The molecule has 1 saturated heterocycles. The number of benzene rings is 4. The SMILES string of the molecule is FC(F)(F)c1ccc(CC2N(c3ccccc3)C2(c2ccccc2)c2ccccc2)cc1. The summed E-state index contributed by atoms with van der Waals surface area (Å²) in [6.07, 6.45) is -3.69. The lowest BCUT2D eigenvalue weighted by atomic mass is 9.85. The minimum Gasteiger partial charge on any atom is -0.349 e. The first-order valence-electron chi connectivity index (χ1n) is 10.6. The van der Waals surface area contributed by atoms with Crippen molar-refractivity contribution in [3.63, 3.8) is 0 Å². The predicted molar refractivity (Wildman–Crippen MR) is 122 cm³/mol. The van der Waals surface area contributed by atoms with Gasteiger partial charge >= 0.3 is 6.18 Å². The maximum Gasteiger partial charge on any atom is 0.416 e. The third-order valence-electron chi connectivity index (χ3n) is 6.28. The van der Waals surface area contributed by atoms with Crippen molar-refractivity contribution in [2.75, 3.05) is 4.90 Å². The lowest BCUT2D eigenvalue weighted by Crippen LogP contribution is -2.19. The summed E-state index contributed by atoms with van der Waals surface area (Å²) in [5.74, 6) is 0. The molecule has 1 fully saturated rings. The normalized spacial score (nSPS) is 17.2. The van der Waals surface area contributed by atoms with E-state index in [0.717, 1.165) is 11.3 Å². The smallest absolute Gasteiger partial charge is 0.349 e. The molecule has 0 aromatic heterocycles. The van der Waals surface area contributed by atoms with Crippen LogP contribution < -0.4 is 4.90 Å². The molecule has 5 rings (SSSR count). The second kappa shape index (κ2) is 7.86. The fourth-order valence-electron chi connectivity index (χ4n) is 4.83. The van der Waals surface area contributed by atoms with Gasteiger partial charge < -0.3 is 4.90 Å². The van der Waals surface area contributed by atoms with Gasteiger partial charge in [-0.15, -0.1) is 0 Å². The van der Waals surface area contributed by atoms with Crippen molar-refractivity contribution in [1.82, 2.24) is 0 Å². The van der Waals surface area contributed by atoms with Crippen LogP contribution in [0.5, 0.6) is 0 Å². The molecule has 1 heterocycles. The Morgan fingerprint density at radius 1 is 0.625 bits per heavy atom. The van der Waals surface area contributed by atoms with E-state index >= 15 is 0 Å². The first-order chi connectivity index (χ1) is 15.5. The highest BCUT2D eigenvalue weighted by atomic mass is 19.4. The van der Waals surface area contributed by atoms with Crippen LogP contribution in [0.1, 0.15) is 22.3 Å². The van der Waals surface area contributed by atoms with Crippen LogP contribution in [0.2, 0.25) is 0 Å². The third-order valence-corrected chi connectivity index (χ3v) is 6.28. The number of anilines is 1. The van der Waals surface area contributed by atoms with Gasteiger partial charge in [0.1, 0.15) is 5.54 Å². The number of hydrogen-bond acceptors (Lipinski definition) is 1. The molecule has 1 nitrogen and oxygen atoms in total. The summed E-state index contributed by atoms with van der Waals surface area (Å²) in [4.78, 5) is 2.38. The Labute approximate surface area is 185 Å². The molecule has 32 heavy (non-hydrogen) atoms. The number of halogens is 3. The number of hydrogen-bond donors (Lipinski definition) is 0. The average molecular weight is 429 g/mol. The first-order valence-corrected chi connectivity index (χ1v) is 10.6. The summed E-state index contributed by atoms with van der Waals surface area (Å²) in [7, 11) is 0. The zero-order chi connectivity index (χ0) is 22.2. The molecule has 1 aliphatic heterocycles. The Kier molecular flexibility index (Phi) is 5.01. The van der Waals surface area contributed by atoms with Gasteiger partial charge in [0.2, 0.25) is 0 Å². The van der Waals surface area contributed by atoms with Crippen molar-refractivity contribution in [1.29, 1.82) is 0 Å². The van der Waals surface area contributed by atoms with E-state index < -0.39 is 11.7 Å². The summed E-state index contributed by atoms with van der Waals surface area (Å²) in [5.41, 5.74) is 3.33. The van der Waals surface area contributed by atoms with Crippen molar-refractivity contribution in [3.05, 3.63) is 138 Å². The van der Waals surface area contributed by atoms with Crippen LogP contribution in [-0.2, 0) is 18.1 Å². The van der Waals surface area contributed by atoms with Gasteiger partial charge in [-0.2, -0.15) is 13.2 Å². The number of nitrogens with zero attached hydrogens (tertiary/aromatic N) is 1. The van der Waals surface area contributed by atoms with Gasteiger partial charge in [0, 0.05) is 5.69 Å². The van der Waals surface area contributed by atoms with Crippen LogP contribution in [0.3, 0.4) is 0 Å². The van der Waals surface area contributed by atoms with Crippen LogP contribution in [0.15, 0.2) is 115 Å². The van der Waals surface area contributed by atoms with E-state index in [1.165, 1.54) is 23.3 Å². The summed E-state index contributed by atoms with van der Waals surface area (Å²) in [6, 6.07) is 36.5. The highest BCUT2D eigenvalue weighted by Crippen LogP contribution is 2.58. The molecule has 160 valence electrons. The molecule has 0 amide bonds. The molecule has 1 aliphatic rings. The molecule has 0 aliphatic carbocycles. The van der Waals surface area contributed by atoms with Crippen LogP contribution in [0, 0.1) is 0 Å². The topological polar surface area (TPSA) is 3.01 Å². The highest BCUT2D eigenvalue weighted by molar-refractivity contribution is 5.70. The minimum atomic E-state index is -4.33. The number of alkyl halides is 3. The Bertz CT molecular complexity index is 1130. The fourth-order valence-corrected chi connectivity index (χ4v) is 4.83. The molecule has 4 aromatic carbocycles.